The highest BCUT2D eigenvalue weighted by molar-refractivity contribution is 7.44. The van der Waals surface area contributed by atoms with Crippen LogP contribution in [0.2, 0.25) is 0 Å². The summed E-state index contributed by atoms with van der Waals surface area (Å²) in [6, 6.07) is 43.8. The first-order valence-electron chi connectivity index (χ1n) is 19.2. The van der Waals surface area contributed by atoms with Gasteiger partial charge in [-0.15, -0.1) is 0 Å². The molecule has 0 aliphatic rings. The number of amides is 1. The van der Waals surface area contributed by atoms with Gasteiger partial charge < -0.3 is 28.6 Å². The molecule has 2 atom stereocenters. The zero-order valence-corrected chi connectivity index (χ0v) is 35.1. The summed E-state index contributed by atoms with van der Waals surface area (Å²) < 4.78 is 33.7. The zero-order valence-electron chi connectivity index (χ0n) is 34.2. The molecule has 2 unspecified atom stereocenters. The van der Waals surface area contributed by atoms with Crippen molar-refractivity contribution in [3.8, 4) is 17.6 Å². The van der Waals surface area contributed by atoms with Gasteiger partial charge in [0.2, 0.25) is 0 Å². The Labute approximate surface area is 343 Å². The second-order valence-corrected chi connectivity index (χ2v) is 15.6. The van der Waals surface area contributed by atoms with E-state index in [1.165, 1.54) is 0 Å². The van der Waals surface area contributed by atoms with E-state index in [1.807, 2.05) is 109 Å². The molecule has 5 aromatic rings. The SMILES string of the molecule is COc1ccc(C(OC(C)(COP(OCCC#N)N(C(C)C)C(C)C)C(=O)Nc2ccc(N=Nc3ccccc3)cc2)(c2ccccc2)c2ccc(OC)cc2)cc1. The lowest BCUT2D eigenvalue weighted by Gasteiger charge is -2.44. The van der Waals surface area contributed by atoms with Crippen molar-refractivity contribution in [3.63, 3.8) is 0 Å². The molecule has 0 aliphatic carbocycles. The predicted molar refractivity (Wildman–Crippen MR) is 229 cm³/mol. The summed E-state index contributed by atoms with van der Waals surface area (Å²) in [7, 11) is 1.49. The number of ether oxygens (including phenoxy) is 3. The van der Waals surface area contributed by atoms with Crippen molar-refractivity contribution in [1.29, 1.82) is 5.26 Å². The van der Waals surface area contributed by atoms with Gasteiger partial charge in [0.25, 0.3) is 14.4 Å². The third-order valence-corrected chi connectivity index (χ3v) is 11.4. The molecule has 1 amide bonds. The van der Waals surface area contributed by atoms with Gasteiger partial charge >= 0.3 is 0 Å². The van der Waals surface area contributed by atoms with Crippen LogP contribution in [0.5, 0.6) is 11.5 Å². The van der Waals surface area contributed by atoms with Gasteiger partial charge in [0, 0.05) is 17.8 Å². The molecular weight excluding hydrogens is 750 g/mol. The molecule has 0 spiro atoms. The van der Waals surface area contributed by atoms with Crippen molar-refractivity contribution in [3.05, 3.63) is 150 Å². The van der Waals surface area contributed by atoms with Gasteiger partial charge in [-0.05, 0) is 112 Å². The van der Waals surface area contributed by atoms with E-state index in [9.17, 15) is 5.26 Å². The van der Waals surface area contributed by atoms with E-state index < -0.39 is 25.6 Å². The molecule has 0 aromatic heterocycles. The van der Waals surface area contributed by atoms with E-state index in [0.717, 1.165) is 22.4 Å². The van der Waals surface area contributed by atoms with Gasteiger partial charge in [-0.25, -0.2) is 4.67 Å². The van der Waals surface area contributed by atoms with Gasteiger partial charge in [0.15, 0.2) is 5.60 Å². The number of hydrogen-bond donors (Lipinski definition) is 1. The summed E-state index contributed by atoms with van der Waals surface area (Å²) >= 11 is 0. The number of carbonyl (C=O) groups excluding carboxylic acids is 1. The summed E-state index contributed by atoms with van der Waals surface area (Å²) in [5, 5.41) is 21.1. The van der Waals surface area contributed by atoms with E-state index in [0.29, 0.717) is 22.9 Å². The van der Waals surface area contributed by atoms with Crippen LogP contribution in [0.25, 0.3) is 0 Å². The van der Waals surface area contributed by atoms with Gasteiger partial charge in [-0.2, -0.15) is 15.5 Å². The highest BCUT2D eigenvalue weighted by Crippen LogP contribution is 2.49. The van der Waals surface area contributed by atoms with Crippen molar-refractivity contribution >= 4 is 31.5 Å². The van der Waals surface area contributed by atoms with Crippen LogP contribution >= 0.6 is 8.53 Å². The molecule has 0 saturated heterocycles. The number of nitrogens with zero attached hydrogens (tertiary/aromatic N) is 4. The van der Waals surface area contributed by atoms with Crippen LogP contribution in [0, 0.1) is 11.3 Å². The van der Waals surface area contributed by atoms with E-state index >= 15 is 4.79 Å². The number of nitrogens with one attached hydrogen (secondary N) is 1. The molecule has 0 radical (unpaired) electrons. The van der Waals surface area contributed by atoms with Crippen LogP contribution in [-0.4, -0.2) is 55.7 Å². The third-order valence-electron chi connectivity index (χ3n) is 9.31. The van der Waals surface area contributed by atoms with Crippen LogP contribution < -0.4 is 14.8 Å². The maximum atomic E-state index is 15.0. The lowest BCUT2D eigenvalue weighted by Crippen LogP contribution is -2.53. The highest BCUT2D eigenvalue weighted by Gasteiger charge is 2.49. The lowest BCUT2D eigenvalue weighted by molar-refractivity contribution is -0.162. The Morgan fingerprint density at radius 3 is 1.67 bits per heavy atom. The lowest BCUT2D eigenvalue weighted by atomic mass is 9.79. The van der Waals surface area contributed by atoms with Crippen molar-refractivity contribution < 1.29 is 28.1 Å². The number of hydrogen-bond acceptors (Lipinski definition) is 10. The second-order valence-electron chi connectivity index (χ2n) is 14.2. The molecule has 12 heteroatoms. The Kier molecular flexibility index (Phi) is 15.7. The minimum absolute atomic E-state index is 0.0359. The van der Waals surface area contributed by atoms with E-state index in [4.69, 9.17) is 23.3 Å². The van der Waals surface area contributed by atoms with Crippen LogP contribution in [0.15, 0.2) is 144 Å². The average Bonchev–Trinajstić information content (AvgIpc) is 3.25. The largest absolute Gasteiger partial charge is 0.497 e. The van der Waals surface area contributed by atoms with Crippen LogP contribution in [0.3, 0.4) is 0 Å². The van der Waals surface area contributed by atoms with Crippen molar-refractivity contribution in [2.75, 3.05) is 32.8 Å². The van der Waals surface area contributed by atoms with Crippen LogP contribution in [-0.2, 0) is 24.2 Å². The standard InChI is InChI=1S/C46H52N5O6P/c1-34(2)51(35(3)4)58(55-32-14-31-47)56-33-45(5,44(52)48-39-23-25-41(26-24-39)50-49-40-17-12-9-13-18-40)57-46(36-15-10-8-11-16-36,37-19-27-42(53-6)28-20-37)38-21-29-43(54-7)30-22-38/h8-13,15-30,34-35H,14,32-33H2,1-7H3,(H,48,52). The Balaban J connectivity index is 1.63. The van der Waals surface area contributed by atoms with E-state index in [1.54, 1.807) is 45.4 Å². The van der Waals surface area contributed by atoms with E-state index in [2.05, 4.69) is 54.0 Å². The molecule has 0 bridgehead atoms. The van der Waals surface area contributed by atoms with Gasteiger partial charge in [0.05, 0.1) is 51.3 Å². The smallest absolute Gasteiger partial charge is 0.259 e. The summed E-state index contributed by atoms with van der Waals surface area (Å²) in [6.07, 6.45) is 0.188. The fourth-order valence-corrected chi connectivity index (χ4v) is 8.16. The van der Waals surface area contributed by atoms with Gasteiger partial charge in [-0.1, -0.05) is 72.8 Å². The minimum Gasteiger partial charge on any atom is -0.497 e. The number of carbonyl (C=O) groups is 1. The molecule has 5 rings (SSSR count). The number of nitriles is 1. The quantitative estimate of drug-likeness (QED) is 0.0357. The molecule has 5 aromatic carbocycles. The van der Waals surface area contributed by atoms with Crippen LogP contribution in [0.4, 0.5) is 17.1 Å². The Hall–Kier alpha value is -5.47. The first-order chi connectivity index (χ1) is 28.0. The Morgan fingerprint density at radius 1 is 0.707 bits per heavy atom. The number of methoxy groups -OCH3 is 2. The molecule has 0 aliphatic heterocycles. The first-order valence-corrected chi connectivity index (χ1v) is 20.3. The monoisotopic (exact) mass is 801 g/mol. The third kappa shape index (κ3) is 10.9. The minimum atomic E-state index is -1.74. The molecule has 1 N–H and O–H groups in total. The molecule has 0 saturated carbocycles. The van der Waals surface area contributed by atoms with Gasteiger partial charge in [-0.3, -0.25) is 4.79 Å². The average molecular weight is 802 g/mol. The molecular formula is C46H52N5O6P. The number of benzene rings is 5. The highest BCUT2D eigenvalue weighted by atomic mass is 31.2. The van der Waals surface area contributed by atoms with Crippen molar-refractivity contribution in [2.24, 2.45) is 10.2 Å². The summed E-state index contributed by atoms with van der Waals surface area (Å²) in [4.78, 5) is 15.0. The van der Waals surface area contributed by atoms with Crippen molar-refractivity contribution in [1.82, 2.24) is 4.67 Å². The maximum Gasteiger partial charge on any atom is 0.259 e. The number of azo groups is 1. The molecule has 0 fully saturated rings. The van der Waals surface area contributed by atoms with Crippen LogP contribution in [0.1, 0.15) is 57.7 Å². The number of rotatable bonds is 20. The van der Waals surface area contributed by atoms with Gasteiger partial charge in [0.1, 0.15) is 17.1 Å². The normalized spacial score (nSPS) is 13.3. The summed E-state index contributed by atoms with van der Waals surface area (Å²) in [5.74, 6) is 0.874. The Morgan fingerprint density at radius 2 is 1.19 bits per heavy atom. The van der Waals surface area contributed by atoms with E-state index in [-0.39, 0.29) is 31.7 Å². The maximum absolute atomic E-state index is 15.0. The molecule has 58 heavy (non-hydrogen) atoms. The Bertz CT molecular complexity index is 2040. The topological polar surface area (TPSA) is 127 Å². The van der Waals surface area contributed by atoms with Crippen molar-refractivity contribution in [2.45, 2.75) is 64.3 Å². The summed E-state index contributed by atoms with van der Waals surface area (Å²) in [5.41, 5.74) is 1.09. The second kappa shape index (κ2) is 20.8. The predicted octanol–water partition coefficient (Wildman–Crippen LogP) is 11.1. The molecule has 302 valence electrons. The fourth-order valence-electron chi connectivity index (χ4n) is 6.46. The zero-order chi connectivity index (χ0) is 41.5. The fraction of sp³-hybridized carbons (Fsp3) is 0.304. The summed E-state index contributed by atoms with van der Waals surface area (Å²) in [6.45, 7) is 9.93. The first kappa shape index (κ1) is 43.6. The number of anilines is 1. The molecule has 0 heterocycles. The molecule has 11 nitrogen and oxygen atoms in total.